The maximum atomic E-state index is 11.9. The van der Waals surface area contributed by atoms with Crippen LogP contribution >= 0.6 is 11.6 Å². The van der Waals surface area contributed by atoms with Gasteiger partial charge >= 0.3 is 0 Å². The monoisotopic (exact) mass is 275 g/mol. The summed E-state index contributed by atoms with van der Waals surface area (Å²) in [5, 5.41) is 0.653. The molecule has 0 amide bonds. The molecule has 1 aliphatic carbocycles. The van der Waals surface area contributed by atoms with Crippen molar-refractivity contribution in [3.05, 3.63) is 46.7 Å². The normalized spacial score (nSPS) is 14.3. The number of carbonyl (C=O) groups excluding carboxylic acids is 1. The van der Waals surface area contributed by atoms with E-state index in [1.807, 2.05) is 29.0 Å². The highest BCUT2D eigenvalue weighted by Gasteiger charge is 2.22. The molecule has 0 N–H and O–H groups in total. The highest BCUT2D eigenvalue weighted by molar-refractivity contribution is 6.30. The zero-order valence-corrected chi connectivity index (χ0v) is 11.4. The molecule has 0 atom stereocenters. The van der Waals surface area contributed by atoms with Crippen molar-refractivity contribution in [1.82, 2.24) is 4.57 Å². The van der Waals surface area contributed by atoms with Crippen LogP contribution in [-0.2, 0) is 6.42 Å². The van der Waals surface area contributed by atoms with Crippen LogP contribution in [0.2, 0.25) is 5.02 Å². The van der Waals surface area contributed by atoms with Crippen LogP contribution in [0.1, 0.15) is 28.9 Å². The summed E-state index contributed by atoms with van der Waals surface area (Å²) in [6, 6.07) is 7.39. The highest BCUT2D eigenvalue weighted by Crippen LogP contribution is 2.31. The largest absolute Gasteiger partial charge is 0.495 e. The Bertz CT molecular complexity index is 646. The topological polar surface area (TPSA) is 31.2 Å². The molecule has 0 bridgehead atoms. The van der Waals surface area contributed by atoms with E-state index in [0.29, 0.717) is 11.4 Å². The summed E-state index contributed by atoms with van der Waals surface area (Å²) >= 11 is 6.07. The van der Waals surface area contributed by atoms with Gasteiger partial charge in [-0.3, -0.25) is 4.79 Å². The smallest absolute Gasteiger partial charge is 0.164 e. The van der Waals surface area contributed by atoms with Crippen molar-refractivity contribution in [1.29, 1.82) is 0 Å². The number of nitrogens with zero attached hydrogens (tertiary/aromatic N) is 1. The number of halogens is 1. The van der Waals surface area contributed by atoms with E-state index in [-0.39, 0.29) is 5.78 Å². The van der Waals surface area contributed by atoms with Crippen LogP contribution in [0.4, 0.5) is 0 Å². The Morgan fingerprint density at radius 1 is 1.26 bits per heavy atom. The van der Waals surface area contributed by atoms with E-state index < -0.39 is 0 Å². The van der Waals surface area contributed by atoms with Crippen LogP contribution in [0.15, 0.2) is 30.5 Å². The summed E-state index contributed by atoms with van der Waals surface area (Å²) in [5.74, 6) is 0.974. The SMILES string of the molecule is COc1ccc(Cl)cc1-n1ccc2c1CCCC2=O. The summed E-state index contributed by atoms with van der Waals surface area (Å²) in [6.07, 6.45) is 4.37. The predicted molar refractivity (Wildman–Crippen MR) is 74.6 cm³/mol. The molecule has 0 fully saturated rings. The number of fused-ring (bicyclic) bond motifs is 1. The average molecular weight is 276 g/mol. The summed E-state index contributed by atoms with van der Waals surface area (Å²) < 4.78 is 7.39. The Morgan fingerprint density at radius 3 is 2.89 bits per heavy atom. The van der Waals surface area contributed by atoms with Crippen molar-refractivity contribution < 1.29 is 9.53 Å². The summed E-state index contributed by atoms with van der Waals surface area (Å²) in [6.45, 7) is 0. The van der Waals surface area contributed by atoms with Crippen LogP contribution in [0.5, 0.6) is 5.75 Å². The lowest BCUT2D eigenvalue weighted by molar-refractivity contribution is 0.0972. The van der Waals surface area contributed by atoms with E-state index in [0.717, 1.165) is 35.5 Å². The number of methoxy groups -OCH3 is 1. The Balaban J connectivity index is 2.18. The van der Waals surface area contributed by atoms with Gasteiger partial charge in [-0.1, -0.05) is 11.6 Å². The van der Waals surface area contributed by atoms with Gasteiger partial charge in [0.1, 0.15) is 5.75 Å². The lowest BCUT2D eigenvalue weighted by Crippen LogP contribution is -2.12. The molecule has 0 saturated carbocycles. The van der Waals surface area contributed by atoms with Gasteiger partial charge in [0.2, 0.25) is 0 Å². The quantitative estimate of drug-likeness (QED) is 0.837. The minimum atomic E-state index is 0.223. The number of ketones is 1. The van der Waals surface area contributed by atoms with Crippen molar-refractivity contribution in [2.24, 2.45) is 0 Å². The maximum absolute atomic E-state index is 11.9. The number of benzene rings is 1. The van der Waals surface area contributed by atoms with Gasteiger partial charge in [-0.25, -0.2) is 0 Å². The maximum Gasteiger partial charge on any atom is 0.164 e. The molecule has 0 unspecified atom stereocenters. The number of Topliss-reactive ketones (excluding diaryl/α,β-unsaturated/α-hetero) is 1. The molecule has 3 nitrogen and oxygen atoms in total. The van der Waals surface area contributed by atoms with Crippen molar-refractivity contribution in [3.63, 3.8) is 0 Å². The third kappa shape index (κ3) is 2.04. The predicted octanol–water partition coefficient (Wildman–Crippen LogP) is 3.66. The molecule has 1 aromatic heterocycles. The fourth-order valence-corrected chi connectivity index (χ4v) is 2.77. The van der Waals surface area contributed by atoms with Crippen LogP contribution in [-0.4, -0.2) is 17.5 Å². The first kappa shape index (κ1) is 12.3. The van der Waals surface area contributed by atoms with E-state index in [1.165, 1.54) is 0 Å². The molecule has 3 rings (SSSR count). The number of rotatable bonds is 2. The molecule has 1 aromatic carbocycles. The van der Waals surface area contributed by atoms with Crippen LogP contribution in [0.25, 0.3) is 5.69 Å². The third-order valence-corrected chi connectivity index (χ3v) is 3.75. The lowest BCUT2D eigenvalue weighted by Gasteiger charge is -2.17. The fourth-order valence-electron chi connectivity index (χ4n) is 2.60. The molecule has 0 aliphatic heterocycles. The second kappa shape index (κ2) is 4.74. The second-order valence-electron chi connectivity index (χ2n) is 4.64. The van der Waals surface area contributed by atoms with Gasteiger partial charge in [-0.2, -0.15) is 0 Å². The minimum absolute atomic E-state index is 0.223. The number of hydrogen-bond acceptors (Lipinski definition) is 2. The van der Waals surface area contributed by atoms with Crippen molar-refractivity contribution in [3.8, 4) is 11.4 Å². The molecule has 0 spiro atoms. The Hall–Kier alpha value is -1.74. The molecule has 98 valence electrons. The first-order valence-corrected chi connectivity index (χ1v) is 6.66. The molecule has 0 saturated heterocycles. The van der Waals surface area contributed by atoms with Crippen LogP contribution < -0.4 is 4.74 Å². The Labute approximate surface area is 116 Å². The average Bonchev–Trinajstić information content (AvgIpc) is 2.84. The molecule has 1 heterocycles. The molecular formula is C15H14ClNO2. The standard InChI is InChI=1S/C15H14ClNO2/c1-19-15-6-5-10(16)9-13(15)17-8-7-11-12(17)3-2-4-14(11)18/h5-9H,2-4H2,1H3. The van der Waals surface area contributed by atoms with Gasteiger partial charge in [0.05, 0.1) is 12.8 Å². The second-order valence-corrected chi connectivity index (χ2v) is 5.08. The lowest BCUT2D eigenvalue weighted by atomic mass is 9.97. The van der Waals surface area contributed by atoms with Crippen LogP contribution in [0, 0.1) is 0 Å². The number of hydrogen-bond donors (Lipinski definition) is 0. The molecule has 0 radical (unpaired) electrons. The summed E-state index contributed by atoms with van der Waals surface area (Å²) in [5.41, 5.74) is 2.76. The van der Waals surface area contributed by atoms with Gasteiger partial charge in [-0.15, -0.1) is 0 Å². The highest BCUT2D eigenvalue weighted by atomic mass is 35.5. The minimum Gasteiger partial charge on any atom is -0.495 e. The van der Waals surface area contributed by atoms with Gasteiger partial charge in [0.25, 0.3) is 0 Å². The first-order chi connectivity index (χ1) is 9.20. The van der Waals surface area contributed by atoms with Gasteiger partial charge in [-0.05, 0) is 37.1 Å². The molecule has 19 heavy (non-hydrogen) atoms. The van der Waals surface area contributed by atoms with E-state index in [2.05, 4.69) is 0 Å². The van der Waals surface area contributed by atoms with E-state index in [4.69, 9.17) is 16.3 Å². The summed E-state index contributed by atoms with van der Waals surface area (Å²) in [7, 11) is 1.63. The number of ether oxygens (including phenoxy) is 1. The van der Waals surface area contributed by atoms with Crippen molar-refractivity contribution in [2.75, 3.05) is 7.11 Å². The van der Waals surface area contributed by atoms with Gasteiger partial charge < -0.3 is 9.30 Å². The molecule has 4 heteroatoms. The number of carbonyl (C=O) groups is 1. The summed E-state index contributed by atoms with van der Waals surface area (Å²) in [4.78, 5) is 11.9. The molecular weight excluding hydrogens is 262 g/mol. The van der Waals surface area contributed by atoms with Crippen molar-refractivity contribution in [2.45, 2.75) is 19.3 Å². The van der Waals surface area contributed by atoms with Gasteiger partial charge in [0, 0.05) is 28.9 Å². The van der Waals surface area contributed by atoms with E-state index in [1.54, 1.807) is 13.2 Å². The molecule has 1 aliphatic rings. The number of aromatic nitrogens is 1. The fraction of sp³-hybridized carbons (Fsp3) is 0.267. The van der Waals surface area contributed by atoms with Crippen LogP contribution in [0.3, 0.4) is 0 Å². The Kier molecular flexibility index (Phi) is 3.07. The zero-order valence-electron chi connectivity index (χ0n) is 10.6. The third-order valence-electron chi connectivity index (χ3n) is 3.51. The van der Waals surface area contributed by atoms with E-state index >= 15 is 0 Å². The first-order valence-electron chi connectivity index (χ1n) is 6.28. The zero-order chi connectivity index (χ0) is 13.4. The van der Waals surface area contributed by atoms with Gasteiger partial charge in [0.15, 0.2) is 5.78 Å². The Morgan fingerprint density at radius 2 is 2.11 bits per heavy atom. The van der Waals surface area contributed by atoms with Crippen molar-refractivity contribution >= 4 is 17.4 Å². The molecule has 2 aromatic rings. The van der Waals surface area contributed by atoms with E-state index in [9.17, 15) is 4.79 Å².